The van der Waals surface area contributed by atoms with E-state index >= 15 is 0 Å². The summed E-state index contributed by atoms with van der Waals surface area (Å²) in [6.07, 6.45) is 13.0. The molecule has 6 atom stereocenters. The number of anilines is 1. The smallest absolute Gasteiger partial charge is 0.246 e. The Bertz CT molecular complexity index is 1200. The molecule has 41 heavy (non-hydrogen) atoms. The Kier molecular flexibility index (Phi) is 8.38. The highest BCUT2D eigenvalue weighted by Crippen LogP contribution is 2.55. The van der Waals surface area contributed by atoms with Gasteiger partial charge in [-0.1, -0.05) is 68.0 Å². The van der Waals surface area contributed by atoms with Gasteiger partial charge < -0.3 is 20.3 Å². The minimum absolute atomic E-state index is 0.101. The largest absolute Gasteiger partial charge is 0.359 e. The van der Waals surface area contributed by atoms with Crippen LogP contribution < -0.4 is 10.6 Å². The molecule has 0 aromatic heterocycles. The highest BCUT2D eigenvalue weighted by atomic mass is 35.5. The van der Waals surface area contributed by atoms with Crippen LogP contribution in [0.15, 0.2) is 30.4 Å². The van der Waals surface area contributed by atoms with Gasteiger partial charge in [-0.15, -0.1) is 0 Å². The molecule has 2 bridgehead atoms. The molecule has 4 unspecified atom stereocenters. The van der Waals surface area contributed by atoms with Crippen LogP contribution in [0.1, 0.15) is 64.7 Å². The minimum atomic E-state index is -1.17. The van der Waals surface area contributed by atoms with Crippen molar-refractivity contribution in [1.82, 2.24) is 15.1 Å². The lowest BCUT2D eigenvalue weighted by atomic mass is 9.74. The van der Waals surface area contributed by atoms with Crippen LogP contribution in [-0.2, 0) is 19.1 Å². The summed E-state index contributed by atoms with van der Waals surface area (Å²) in [5.74, 6) is -2.24. The Labute approximate surface area is 252 Å². The van der Waals surface area contributed by atoms with Crippen LogP contribution in [0.4, 0.5) is 5.69 Å². The van der Waals surface area contributed by atoms with Crippen LogP contribution in [0, 0.1) is 11.8 Å². The summed E-state index contributed by atoms with van der Waals surface area (Å²) in [7, 11) is 0. The second kappa shape index (κ2) is 11.9. The van der Waals surface area contributed by atoms with Gasteiger partial charge in [0, 0.05) is 40.9 Å². The van der Waals surface area contributed by atoms with E-state index in [1.807, 2.05) is 12.2 Å². The van der Waals surface area contributed by atoms with Crippen molar-refractivity contribution >= 4 is 46.6 Å². The molecule has 1 spiro atoms. The zero-order chi connectivity index (χ0) is 28.7. The van der Waals surface area contributed by atoms with E-state index in [1.54, 1.807) is 23.1 Å². The van der Waals surface area contributed by atoms with Crippen molar-refractivity contribution in [3.63, 3.8) is 0 Å². The second-order valence-corrected chi connectivity index (χ2v) is 13.2. The summed E-state index contributed by atoms with van der Waals surface area (Å²) in [4.78, 5) is 46.2. The number of hydrogen-bond acceptors (Lipinski definition) is 5. The molecule has 4 aliphatic heterocycles. The van der Waals surface area contributed by atoms with Crippen molar-refractivity contribution in [2.45, 2.75) is 94.5 Å². The number of nitrogens with one attached hydrogen (secondary N) is 2. The van der Waals surface area contributed by atoms with Crippen molar-refractivity contribution < 1.29 is 19.1 Å². The number of benzene rings is 1. The molecule has 2 N–H and O–H groups in total. The molecule has 3 amide bonds. The summed E-state index contributed by atoms with van der Waals surface area (Å²) in [6, 6.07) is 4.62. The van der Waals surface area contributed by atoms with Crippen molar-refractivity contribution in [1.29, 1.82) is 0 Å². The molecule has 6 rings (SSSR count). The van der Waals surface area contributed by atoms with Crippen LogP contribution in [0.25, 0.3) is 0 Å². The van der Waals surface area contributed by atoms with Crippen LogP contribution in [0.5, 0.6) is 0 Å². The number of rotatable bonds is 8. The van der Waals surface area contributed by atoms with Crippen LogP contribution in [0.3, 0.4) is 0 Å². The van der Waals surface area contributed by atoms with Crippen molar-refractivity contribution in [3.8, 4) is 0 Å². The number of likely N-dealkylation sites (tertiary alicyclic amines) is 2. The van der Waals surface area contributed by atoms with E-state index in [0.29, 0.717) is 34.9 Å². The molecular weight excluding hydrogens is 563 g/mol. The SMILES string of the molecule is CCC1CCCCN1CCN1C(=O)[C@@H]2C(C(=O)Nc3cc(Cl)cc(Cl)c3)[C@@H]3C=CC2(O3)C1C(=O)NC1CCCCC1. The third-order valence-electron chi connectivity index (χ3n) is 9.86. The predicted octanol–water partition coefficient (Wildman–Crippen LogP) is 4.80. The highest BCUT2D eigenvalue weighted by Gasteiger charge is 2.72. The number of fused-ring (bicyclic) bond motifs is 1. The molecule has 5 aliphatic rings. The summed E-state index contributed by atoms with van der Waals surface area (Å²) in [6.45, 7) is 4.34. The van der Waals surface area contributed by atoms with Gasteiger partial charge in [-0.25, -0.2) is 0 Å². The number of piperidine rings is 1. The first-order chi connectivity index (χ1) is 19.8. The van der Waals surface area contributed by atoms with E-state index in [-0.39, 0.29) is 23.8 Å². The van der Waals surface area contributed by atoms with Crippen molar-refractivity contribution in [3.05, 3.63) is 40.4 Å². The molecule has 1 aromatic carbocycles. The molecular formula is C31H40Cl2N4O4. The Morgan fingerprint density at radius 2 is 1.73 bits per heavy atom. The van der Waals surface area contributed by atoms with Gasteiger partial charge in [0.05, 0.1) is 17.9 Å². The summed E-state index contributed by atoms with van der Waals surface area (Å²) in [5.41, 5.74) is -0.710. The Morgan fingerprint density at radius 1 is 1.00 bits per heavy atom. The zero-order valence-corrected chi connectivity index (χ0v) is 25.1. The van der Waals surface area contributed by atoms with E-state index in [0.717, 1.165) is 51.5 Å². The van der Waals surface area contributed by atoms with Gasteiger partial charge in [0.2, 0.25) is 17.7 Å². The summed E-state index contributed by atoms with van der Waals surface area (Å²) >= 11 is 12.3. The first kappa shape index (κ1) is 29.0. The van der Waals surface area contributed by atoms with E-state index in [1.165, 1.54) is 12.8 Å². The molecule has 222 valence electrons. The number of hydrogen-bond donors (Lipinski definition) is 2. The van der Waals surface area contributed by atoms with E-state index < -0.39 is 29.6 Å². The molecule has 4 fully saturated rings. The number of ether oxygens (including phenoxy) is 1. The molecule has 8 nitrogen and oxygen atoms in total. The van der Waals surface area contributed by atoms with Crippen molar-refractivity contribution in [2.24, 2.45) is 11.8 Å². The Hall–Kier alpha value is -2.13. The molecule has 0 radical (unpaired) electrons. The molecule has 3 saturated heterocycles. The number of carbonyl (C=O) groups excluding carboxylic acids is 3. The molecule has 1 aliphatic carbocycles. The fourth-order valence-electron chi connectivity index (χ4n) is 7.94. The third-order valence-corrected chi connectivity index (χ3v) is 10.3. The lowest BCUT2D eigenvalue weighted by Gasteiger charge is -2.38. The molecule has 4 heterocycles. The first-order valence-corrected chi connectivity index (χ1v) is 16.1. The fraction of sp³-hybridized carbons (Fsp3) is 0.645. The quantitative estimate of drug-likeness (QED) is 0.417. The van der Waals surface area contributed by atoms with Gasteiger partial charge >= 0.3 is 0 Å². The highest BCUT2D eigenvalue weighted by molar-refractivity contribution is 6.35. The second-order valence-electron chi connectivity index (χ2n) is 12.3. The number of nitrogens with zero attached hydrogens (tertiary/aromatic N) is 2. The topological polar surface area (TPSA) is 91.0 Å². The maximum absolute atomic E-state index is 14.3. The first-order valence-electron chi connectivity index (χ1n) is 15.3. The van der Waals surface area contributed by atoms with Crippen LogP contribution in [-0.4, -0.2) is 77.0 Å². The van der Waals surface area contributed by atoms with Crippen LogP contribution >= 0.6 is 23.2 Å². The standard InChI is InChI=1S/C31H40Cl2N4O4/c1-2-23-10-6-7-13-36(23)14-15-37-27(29(39)34-21-8-4-3-5-9-21)31-12-11-24(41-31)25(26(31)30(37)40)28(38)35-22-17-19(32)16-20(33)18-22/h11-12,16-18,21,23-27H,2-10,13-15H2,1H3,(H,34,39)(H,35,38)/t23?,24-,25?,26-,27?,31?/m0/s1. The van der Waals surface area contributed by atoms with Gasteiger partial charge in [-0.3, -0.25) is 19.3 Å². The average Bonchev–Trinajstić information content (AvgIpc) is 3.59. The maximum atomic E-state index is 14.3. The maximum Gasteiger partial charge on any atom is 0.246 e. The molecule has 1 saturated carbocycles. The van der Waals surface area contributed by atoms with Gasteiger partial charge in [0.15, 0.2) is 0 Å². The van der Waals surface area contributed by atoms with E-state index in [4.69, 9.17) is 27.9 Å². The average molecular weight is 604 g/mol. The van der Waals surface area contributed by atoms with E-state index in [2.05, 4.69) is 22.5 Å². The van der Waals surface area contributed by atoms with Gasteiger partial charge in [-0.2, -0.15) is 0 Å². The minimum Gasteiger partial charge on any atom is -0.359 e. The van der Waals surface area contributed by atoms with E-state index in [9.17, 15) is 14.4 Å². The van der Waals surface area contributed by atoms with Gasteiger partial charge in [0.25, 0.3) is 0 Å². The number of carbonyl (C=O) groups is 3. The molecule has 1 aromatic rings. The normalized spacial score (nSPS) is 33.3. The summed E-state index contributed by atoms with van der Waals surface area (Å²) in [5, 5.41) is 6.97. The Morgan fingerprint density at radius 3 is 2.46 bits per heavy atom. The van der Waals surface area contributed by atoms with Gasteiger partial charge in [0.1, 0.15) is 11.6 Å². The summed E-state index contributed by atoms with van der Waals surface area (Å²) < 4.78 is 6.50. The van der Waals surface area contributed by atoms with Gasteiger partial charge in [-0.05, 0) is 56.8 Å². The number of amides is 3. The van der Waals surface area contributed by atoms with Crippen LogP contribution in [0.2, 0.25) is 10.0 Å². The predicted molar refractivity (Wildman–Crippen MR) is 159 cm³/mol. The Balaban J connectivity index is 1.27. The zero-order valence-electron chi connectivity index (χ0n) is 23.6. The number of halogens is 2. The lowest BCUT2D eigenvalue weighted by Crippen LogP contribution is -2.57. The lowest BCUT2D eigenvalue weighted by molar-refractivity contribution is -0.141. The fourth-order valence-corrected chi connectivity index (χ4v) is 8.47. The third kappa shape index (κ3) is 5.41. The molecule has 10 heteroatoms. The van der Waals surface area contributed by atoms with Crippen molar-refractivity contribution in [2.75, 3.05) is 25.0 Å². The monoisotopic (exact) mass is 602 g/mol.